The first-order chi connectivity index (χ1) is 11.1. The molecule has 23 heavy (non-hydrogen) atoms. The Morgan fingerprint density at radius 3 is 2.78 bits per heavy atom. The number of hydrazone groups is 1. The normalized spacial score (nSPS) is 10.5. The molecule has 6 nitrogen and oxygen atoms in total. The number of carbonyl (C=O) groups is 1. The van der Waals surface area contributed by atoms with Crippen molar-refractivity contribution in [3.05, 3.63) is 52.5 Å². The summed E-state index contributed by atoms with van der Waals surface area (Å²) in [6.07, 6.45) is 1.44. The minimum absolute atomic E-state index is 0.00458. The topological polar surface area (TPSA) is 80.2 Å². The minimum Gasteiger partial charge on any atom is -0.503 e. The van der Waals surface area contributed by atoms with Gasteiger partial charge in [-0.05, 0) is 45.8 Å². The smallest absolute Gasteiger partial charge is 0.277 e. The van der Waals surface area contributed by atoms with Crippen molar-refractivity contribution in [3.8, 4) is 17.2 Å². The Hall–Kier alpha value is -2.54. The first kappa shape index (κ1) is 16.8. The number of phenols is 1. The van der Waals surface area contributed by atoms with E-state index < -0.39 is 0 Å². The summed E-state index contributed by atoms with van der Waals surface area (Å²) in [6.45, 7) is -0.135. The van der Waals surface area contributed by atoms with E-state index in [-0.39, 0.29) is 18.3 Å². The molecule has 2 N–H and O–H groups in total. The lowest BCUT2D eigenvalue weighted by atomic mass is 10.2. The summed E-state index contributed by atoms with van der Waals surface area (Å²) in [7, 11) is 1.45. The predicted octanol–water partition coefficient (Wildman–Crippen LogP) is 2.69. The zero-order valence-corrected chi connectivity index (χ0v) is 13.9. The molecule has 0 saturated heterocycles. The zero-order valence-electron chi connectivity index (χ0n) is 12.3. The van der Waals surface area contributed by atoms with E-state index >= 15 is 0 Å². The van der Waals surface area contributed by atoms with E-state index in [2.05, 4.69) is 26.5 Å². The number of methoxy groups -OCH3 is 1. The van der Waals surface area contributed by atoms with Crippen LogP contribution in [0.15, 0.2) is 52.0 Å². The van der Waals surface area contributed by atoms with Gasteiger partial charge >= 0.3 is 0 Å². The van der Waals surface area contributed by atoms with Gasteiger partial charge in [-0.25, -0.2) is 5.43 Å². The SMILES string of the molecule is COc1cc(C=NNC(=O)COc2ccccc2)cc(Br)c1O. The van der Waals surface area contributed by atoms with Gasteiger partial charge in [-0.2, -0.15) is 5.10 Å². The third-order valence-electron chi connectivity index (χ3n) is 2.79. The third kappa shape index (κ3) is 5.00. The molecule has 0 aromatic heterocycles. The monoisotopic (exact) mass is 378 g/mol. The average molecular weight is 379 g/mol. The molecule has 0 spiro atoms. The summed E-state index contributed by atoms with van der Waals surface area (Å²) >= 11 is 3.21. The Kier molecular flexibility index (Phi) is 5.99. The molecular formula is C16H15BrN2O4. The fraction of sp³-hybridized carbons (Fsp3) is 0.125. The van der Waals surface area contributed by atoms with Gasteiger partial charge in [0.05, 0.1) is 17.8 Å². The summed E-state index contributed by atoms with van der Waals surface area (Å²) in [5, 5.41) is 13.5. The number of hydrogen-bond acceptors (Lipinski definition) is 5. The van der Waals surface area contributed by atoms with E-state index in [0.717, 1.165) is 0 Å². The number of para-hydroxylation sites is 1. The fourth-order valence-electron chi connectivity index (χ4n) is 1.70. The van der Waals surface area contributed by atoms with Crippen LogP contribution in [0.3, 0.4) is 0 Å². The van der Waals surface area contributed by atoms with Crippen LogP contribution < -0.4 is 14.9 Å². The highest BCUT2D eigenvalue weighted by Crippen LogP contribution is 2.34. The molecule has 0 aliphatic heterocycles. The van der Waals surface area contributed by atoms with Gasteiger partial charge in [0.25, 0.3) is 5.91 Å². The molecule has 7 heteroatoms. The molecule has 0 bridgehead atoms. The second kappa shape index (κ2) is 8.19. The maximum atomic E-state index is 11.6. The molecule has 0 saturated carbocycles. The molecule has 0 aliphatic rings. The Bertz CT molecular complexity index is 705. The molecule has 1 amide bonds. The van der Waals surface area contributed by atoms with Crippen molar-refractivity contribution in [2.45, 2.75) is 0 Å². The molecule has 0 heterocycles. The number of amides is 1. The van der Waals surface area contributed by atoms with Gasteiger partial charge in [-0.1, -0.05) is 18.2 Å². The molecule has 0 aliphatic carbocycles. The van der Waals surface area contributed by atoms with Crippen LogP contribution >= 0.6 is 15.9 Å². The molecule has 0 radical (unpaired) electrons. The maximum Gasteiger partial charge on any atom is 0.277 e. The van der Waals surface area contributed by atoms with Crippen LogP contribution in [0.2, 0.25) is 0 Å². The quantitative estimate of drug-likeness (QED) is 0.598. The van der Waals surface area contributed by atoms with E-state index in [1.165, 1.54) is 13.3 Å². The van der Waals surface area contributed by atoms with Gasteiger partial charge in [-0.3, -0.25) is 4.79 Å². The van der Waals surface area contributed by atoms with Crippen molar-refractivity contribution < 1.29 is 19.4 Å². The average Bonchev–Trinajstić information content (AvgIpc) is 2.57. The van der Waals surface area contributed by atoms with Crippen LogP contribution in [0.25, 0.3) is 0 Å². The van der Waals surface area contributed by atoms with Gasteiger partial charge in [-0.15, -0.1) is 0 Å². The van der Waals surface area contributed by atoms with Crippen molar-refractivity contribution in [1.82, 2.24) is 5.43 Å². The maximum absolute atomic E-state index is 11.6. The number of carbonyl (C=O) groups excluding carboxylic acids is 1. The fourth-order valence-corrected chi connectivity index (χ4v) is 2.16. The summed E-state index contributed by atoms with van der Waals surface area (Å²) in [5.41, 5.74) is 3.01. The highest BCUT2D eigenvalue weighted by molar-refractivity contribution is 9.10. The van der Waals surface area contributed by atoms with E-state index in [4.69, 9.17) is 9.47 Å². The molecule has 0 fully saturated rings. The third-order valence-corrected chi connectivity index (χ3v) is 3.39. The Morgan fingerprint density at radius 1 is 1.35 bits per heavy atom. The molecule has 2 aromatic carbocycles. The molecule has 2 aromatic rings. The van der Waals surface area contributed by atoms with Crippen molar-refractivity contribution >= 4 is 28.1 Å². The highest BCUT2D eigenvalue weighted by Gasteiger charge is 2.07. The second-order valence-electron chi connectivity index (χ2n) is 4.45. The summed E-state index contributed by atoms with van der Waals surface area (Å²) in [5.74, 6) is 0.540. The molecule has 0 atom stereocenters. The number of benzene rings is 2. The number of aromatic hydroxyl groups is 1. The highest BCUT2D eigenvalue weighted by atomic mass is 79.9. The number of hydrogen-bond donors (Lipinski definition) is 2. The molecule has 120 valence electrons. The lowest BCUT2D eigenvalue weighted by Gasteiger charge is -2.06. The van der Waals surface area contributed by atoms with Crippen molar-refractivity contribution in [3.63, 3.8) is 0 Å². The summed E-state index contributed by atoms with van der Waals surface area (Å²) in [6, 6.07) is 12.3. The van der Waals surface area contributed by atoms with Gasteiger partial charge in [0.2, 0.25) is 0 Å². The minimum atomic E-state index is -0.380. The summed E-state index contributed by atoms with van der Waals surface area (Å²) < 4.78 is 10.8. The number of nitrogens with one attached hydrogen (secondary N) is 1. The van der Waals surface area contributed by atoms with Gasteiger partial charge in [0, 0.05) is 0 Å². The largest absolute Gasteiger partial charge is 0.503 e. The molecule has 2 rings (SSSR count). The predicted molar refractivity (Wildman–Crippen MR) is 90.0 cm³/mol. The number of halogens is 1. The number of nitrogens with zero attached hydrogens (tertiary/aromatic N) is 1. The zero-order chi connectivity index (χ0) is 16.7. The standard InChI is InChI=1S/C16H15BrN2O4/c1-22-14-8-11(7-13(17)16(14)21)9-18-19-15(20)10-23-12-5-3-2-4-6-12/h2-9,21H,10H2,1H3,(H,19,20). The Labute approximate surface area is 141 Å². The Balaban J connectivity index is 1.89. The van der Waals surface area contributed by atoms with Crippen LogP contribution in [-0.2, 0) is 4.79 Å². The van der Waals surface area contributed by atoms with Crippen LogP contribution in [0, 0.1) is 0 Å². The number of rotatable bonds is 6. The van der Waals surface area contributed by atoms with Crippen molar-refractivity contribution in [2.24, 2.45) is 5.10 Å². The molecule has 0 unspecified atom stereocenters. The Morgan fingerprint density at radius 2 is 2.09 bits per heavy atom. The van der Waals surface area contributed by atoms with Crippen LogP contribution in [-0.4, -0.2) is 30.9 Å². The van der Waals surface area contributed by atoms with Crippen LogP contribution in [0.4, 0.5) is 0 Å². The second-order valence-corrected chi connectivity index (χ2v) is 5.30. The van der Waals surface area contributed by atoms with Crippen LogP contribution in [0.5, 0.6) is 17.2 Å². The van der Waals surface area contributed by atoms with E-state index in [1.54, 1.807) is 24.3 Å². The van der Waals surface area contributed by atoms with E-state index in [1.807, 2.05) is 18.2 Å². The number of phenolic OH excluding ortho intramolecular Hbond substituents is 1. The molecular weight excluding hydrogens is 364 g/mol. The first-order valence-electron chi connectivity index (χ1n) is 6.66. The van der Waals surface area contributed by atoms with E-state index in [0.29, 0.717) is 21.5 Å². The first-order valence-corrected chi connectivity index (χ1v) is 7.45. The lowest BCUT2D eigenvalue weighted by molar-refractivity contribution is -0.123. The van der Waals surface area contributed by atoms with Gasteiger partial charge in [0.1, 0.15) is 5.75 Å². The van der Waals surface area contributed by atoms with E-state index in [9.17, 15) is 9.90 Å². The number of ether oxygens (including phenoxy) is 2. The van der Waals surface area contributed by atoms with Crippen molar-refractivity contribution in [2.75, 3.05) is 13.7 Å². The lowest BCUT2D eigenvalue weighted by Crippen LogP contribution is -2.24. The van der Waals surface area contributed by atoms with Crippen LogP contribution in [0.1, 0.15) is 5.56 Å². The van der Waals surface area contributed by atoms with Gasteiger partial charge in [0.15, 0.2) is 18.1 Å². The van der Waals surface area contributed by atoms with Crippen molar-refractivity contribution in [1.29, 1.82) is 0 Å². The summed E-state index contributed by atoms with van der Waals surface area (Å²) in [4.78, 5) is 11.6. The van der Waals surface area contributed by atoms with Gasteiger partial charge < -0.3 is 14.6 Å².